The molecule has 27 heavy (non-hydrogen) atoms. The fourth-order valence-electron chi connectivity index (χ4n) is 4.27. The van der Waals surface area contributed by atoms with Gasteiger partial charge in [0.25, 0.3) is 0 Å². The lowest BCUT2D eigenvalue weighted by atomic mass is 9.86. The molecule has 0 atom stereocenters. The van der Waals surface area contributed by atoms with Crippen molar-refractivity contribution in [1.29, 1.82) is 0 Å². The Labute approximate surface area is 180 Å². The molecule has 1 aromatic rings. The van der Waals surface area contributed by atoms with Crippen LogP contribution in [0.2, 0.25) is 0 Å². The summed E-state index contributed by atoms with van der Waals surface area (Å²) in [5.41, 5.74) is 1.75. The molecule has 5 nitrogen and oxygen atoms in total. The van der Waals surface area contributed by atoms with E-state index >= 15 is 0 Å². The monoisotopic (exact) mass is 484 g/mol. The van der Waals surface area contributed by atoms with E-state index in [1.807, 2.05) is 18.2 Å². The third-order valence-electron chi connectivity index (χ3n) is 5.69. The van der Waals surface area contributed by atoms with Crippen molar-refractivity contribution in [3.63, 3.8) is 0 Å². The third kappa shape index (κ3) is 6.36. The van der Waals surface area contributed by atoms with E-state index in [1.165, 1.54) is 37.7 Å². The normalized spacial score (nSPS) is 18.4. The van der Waals surface area contributed by atoms with Gasteiger partial charge in [-0.2, -0.15) is 0 Å². The Morgan fingerprint density at radius 1 is 1.15 bits per heavy atom. The molecule has 2 aliphatic rings. The van der Waals surface area contributed by atoms with E-state index < -0.39 is 0 Å². The third-order valence-corrected chi connectivity index (χ3v) is 5.69. The summed E-state index contributed by atoms with van der Waals surface area (Å²) < 4.78 is 0. The highest BCUT2D eigenvalue weighted by molar-refractivity contribution is 14.0. The predicted octanol–water partition coefficient (Wildman–Crippen LogP) is 3.19. The number of nitrogens with zero attached hydrogens (tertiary/aromatic N) is 2. The number of carbonyl (C=O) groups excluding carboxylic acids is 1. The van der Waals surface area contributed by atoms with E-state index in [0.717, 1.165) is 32.0 Å². The van der Waals surface area contributed by atoms with Crippen LogP contribution in [0, 0.1) is 5.41 Å². The van der Waals surface area contributed by atoms with E-state index in [2.05, 4.69) is 39.6 Å². The minimum Gasteiger partial charge on any atom is -0.357 e. The van der Waals surface area contributed by atoms with Gasteiger partial charge in [-0.1, -0.05) is 43.2 Å². The molecule has 6 heteroatoms. The zero-order valence-electron chi connectivity index (χ0n) is 16.4. The molecule has 1 aromatic carbocycles. The summed E-state index contributed by atoms with van der Waals surface area (Å²) >= 11 is 0. The van der Waals surface area contributed by atoms with E-state index in [0.29, 0.717) is 12.0 Å². The molecule has 3 rings (SSSR count). The summed E-state index contributed by atoms with van der Waals surface area (Å²) in [7, 11) is 0. The second-order valence-electron chi connectivity index (χ2n) is 7.63. The molecule has 1 saturated carbocycles. The van der Waals surface area contributed by atoms with Crippen LogP contribution >= 0.6 is 24.0 Å². The molecule has 1 saturated heterocycles. The summed E-state index contributed by atoms with van der Waals surface area (Å²) in [6.07, 6.45) is 7.55. The van der Waals surface area contributed by atoms with Crippen molar-refractivity contribution < 1.29 is 4.79 Å². The van der Waals surface area contributed by atoms with Gasteiger partial charge in [0.05, 0.1) is 0 Å². The molecule has 2 N–H and O–H groups in total. The first-order chi connectivity index (χ1) is 12.7. The Kier molecular flexibility index (Phi) is 8.86. The van der Waals surface area contributed by atoms with Gasteiger partial charge in [0, 0.05) is 26.2 Å². The van der Waals surface area contributed by atoms with E-state index in [-0.39, 0.29) is 36.4 Å². The Hall–Kier alpha value is -1.31. The Balaban J connectivity index is 0.00000261. The van der Waals surface area contributed by atoms with Crippen LogP contribution in [-0.4, -0.2) is 49.5 Å². The number of nitrogens with one attached hydrogen (secondary N) is 2. The quantitative estimate of drug-likeness (QED) is 0.371. The number of likely N-dealkylation sites (tertiary alicyclic amines) is 1. The van der Waals surface area contributed by atoms with Gasteiger partial charge >= 0.3 is 0 Å². The molecule has 1 amide bonds. The van der Waals surface area contributed by atoms with Crippen LogP contribution in [0.25, 0.3) is 0 Å². The fraction of sp³-hybridized carbons (Fsp3) is 0.619. The van der Waals surface area contributed by atoms with Crippen molar-refractivity contribution in [1.82, 2.24) is 15.5 Å². The molecule has 1 spiro atoms. The molecule has 150 valence electrons. The first kappa shape index (κ1) is 22.0. The lowest BCUT2D eigenvalue weighted by molar-refractivity contribution is -0.119. The average Bonchev–Trinajstić information content (AvgIpc) is 3.30. The summed E-state index contributed by atoms with van der Waals surface area (Å²) in [4.78, 5) is 19.1. The highest BCUT2D eigenvalue weighted by Crippen LogP contribution is 2.45. The van der Waals surface area contributed by atoms with Crippen molar-refractivity contribution in [2.75, 3.05) is 32.7 Å². The number of amides is 1. The van der Waals surface area contributed by atoms with Crippen molar-refractivity contribution in [2.45, 2.75) is 45.4 Å². The predicted molar refractivity (Wildman–Crippen MR) is 122 cm³/mol. The zero-order valence-corrected chi connectivity index (χ0v) is 18.7. The molecule has 0 unspecified atom stereocenters. The summed E-state index contributed by atoms with van der Waals surface area (Å²) in [5.74, 6) is 0.889. The average molecular weight is 484 g/mol. The van der Waals surface area contributed by atoms with Crippen LogP contribution in [0.5, 0.6) is 0 Å². The van der Waals surface area contributed by atoms with Crippen molar-refractivity contribution in [3.05, 3.63) is 35.9 Å². The zero-order chi connectivity index (χ0) is 18.2. The topological polar surface area (TPSA) is 56.7 Å². The number of hydrogen-bond donors (Lipinski definition) is 2. The molecule has 2 fully saturated rings. The number of guanidine groups is 1. The number of carbonyl (C=O) groups is 1. The van der Waals surface area contributed by atoms with Crippen LogP contribution in [0.15, 0.2) is 35.3 Å². The van der Waals surface area contributed by atoms with Crippen LogP contribution in [0.3, 0.4) is 0 Å². The lowest BCUT2D eigenvalue weighted by Gasteiger charge is -2.25. The standard InChI is InChI=1S/C21H32N4O.HI/c1-2-22-20(25-15-13-21(17-25)11-6-7-12-21)24-16-19(26)23-14-10-18-8-4-3-5-9-18;/h3-5,8-9H,2,6-7,10-17H2,1H3,(H,22,24)(H,23,26);1H. The highest BCUT2D eigenvalue weighted by Gasteiger charge is 2.41. The van der Waals surface area contributed by atoms with Crippen LogP contribution in [0.1, 0.15) is 44.6 Å². The Morgan fingerprint density at radius 2 is 1.89 bits per heavy atom. The minimum atomic E-state index is -0.00823. The maximum atomic E-state index is 12.1. The van der Waals surface area contributed by atoms with Gasteiger partial charge in [-0.3, -0.25) is 4.79 Å². The van der Waals surface area contributed by atoms with Gasteiger partial charge in [0.15, 0.2) is 5.96 Å². The van der Waals surface area contributed by atoms with Crippen LogP contribution < -0.4 is 10.6 Å². The van der Waals surface area contributed by atoms with Gasteiger partial charge in [-0.25, -0.2) is 4.99 Å². The van der Waals surface area contributed by atoms with Gasteiger partial charge < -0.3 is 15.5 Å². The molecule has 0 aromatic heterocycles. The van der Waals surface area contributed by atoms with E-state index in [4.69, 9.17) is 0 Å². The second kappa shape index (κ2) is 10.9. The molecule has 1 heterocycles. The number of aliphatic imine (C=N–C) groups is 1. The van der Waals surface area contributed by atoms with Crippen molar-refractivity contribution in [2.24, 2.45) is 10.4 Å². The van der Waals surface area contributed by atoms with E-state index in [1.54, 1.807) is 0 Å². The van der Waals surface area contributed by atoms with Gasteiger partial charge in [-0.05, 0) is 43.6 Å². The first-order valence-corrected chi connectivity index (χ1v) is 10.0. The Bertz CT molecular complexity index is 614. The molecular weight excluding hydrogens is 451 g/mol. The lowest BCUT2D eigenvalue weighted by Crippen LogP contribution is -2.42. The fourth-order valence-corrected chi connectivity index (χ4v) is 4.27. The maximum absolute atomic E-state index is 12.1. The molecule has 0 radical (unpaired) electrons. The molecule has 0 bridgehead atoms. The number of benzene rings is 1. The largest absolute Gasteiger partial charge is 0.357 e. The summed E-state index contributed by atoms with van der Waals surface area (Å²) in [5, 5.41) is 6.34. The summed E-state index contributed by atoms with van der Waals surface area (Å²) in [6, 6.07) is 10.2. The Morgan fingerprint density at radius 3 is 2.59 bits per heavy atom. The number of hydrogen-bond acceptors (Lipinski definition) is 2. The van der Waals surface area contributed by atoms with Crippen molar-refractivity contribution >= 4 is 35.8 Å². The van der Waals surface area contributed by atoms with Gasteiger partial charge in [0.2, 0.25) is 5.91 Å². The minimum absolute atomic E-state index is 0. The second-order valence-corrected chi connectivity index (χ2v) is 7.63. The molecule has 1 aliphatic heterocycles. The van der Waals surface area contributed by atoms with Gasteiger partial charge in [-0.15, -0.1) is 24.0 Å². The first-order valence-electron chi connectivity index (χ1n) is 10.0. The van der Waals surface area contributed by atoms with Gasteiger partial charge in [0.1, 0.15) is 6.54 Å². The molecule has 1 aliphatic carbocycles. The number of halogens is 1. The van der Waals surface area contributed by atoms with Crippen LogP contribution in [0.4, 0.5) is 0 Å². The van der Waals surface area contributed by atoms with Crippen LogP contribution in [-0.2, 0) is 11.2 Å². The molecular formula is C21H33IN4O. The maximum Gasteiger partial charge on any atom is 0.241 e. The van der Waals surface area contributed by atoms with Crippen molar-refractivity contribution in [3.8, 4) is 0 Å². The SMILES string of the molecule is CCNC(=NCC(=O)NCCc1ccccc1)N1CCC2(CCCC2)C1.I. The van der Waals surface area contributed by atoms with E-state index in [9.17, 15) is 4.79 Å². The smallest absolute Gasteiger partial charge is 0.241 e. The number of rotatable bonds is 6. The summed E-state index contributed by atoms with van der Waals surface area (Å²) in [6.45, 7) is 5.91. The highest BCUT2D eigenvalue weighted by atomic mass is 127.